The molecule has 0 aromatic carbocycles. The van der Waals surface area contributed by atoms with Crippen molar-refractivity contribution in [3.05, 3.63) is 18.2 Å². The van der Waals surface area contributed by atoms with Crippen LogP contribution in [-0.2, 0) is 11.3 Å². The molecule has 25 heavy (non-hydrogen) atoms. The summed E-state index contributed by atoms with van der Waals surface area (Å²) in [6.45, 7) is 8.62. The maximum absolute atomic E-state index is 12.1. The van der Waals surface area contributed by atoms with Crippen LogP contribution in [0.15, 0.2) is 12.4 Å². The lowest BCUT2D eigenvalue weighted by molar-refractivity contribution is 0.0240. The molecule has 10 heteroatoms. The van der Waals surface area contributed by atoms with Gasteiger partial charge in [-0.1, -0.05) is 0 Å². The number of rotatable bonds is 4. The molecule has 0 bridgehead atoms. The Morgan fingerprint density at radius 2 is 2.08 bits per heavy atom. The van der Waals surface area contributed by atoms with Crippen molar-refractivity contribution < 1.29 is 9.53 Å². The highest BCUT2D eigenvalue weighted by Gasteiger charge is 2.27. The average molecular weight is 348 g/mol. The lowest BCUT2D eigenvalue weighted by Crippen LogP contribution is -2.50. The van der Waals surface area contributed by atoms with Crippen LogP contribution >= 0.6 is 0 Å². The number of piperazine rings is 1. The number of hydrogen-bond donors (Lipinski definition) is 3. The highest BCUT2D eigenvalue weighted by molar-refractivity contribution is 5.68. The first-order valence-corrected chi connectivity index (χ1v) is 8.28. The van der Waals surface area contributed by atoms with Crippen molar-refractivity contribution in [1.82, 2.24) is 30.0 Å². The van der Waals surface area contributed by atoms with Crippen LogP contribution < -0.4 is 10.2 Å². The van der Waals surface area contributed by atoms with Crippen LogP contribution in [0.25, 0.3) is 0 Å². The van der Waals surface area contributed by atoms with Gasteiger partial charge in [-0.2, -0.15) is 4.98 Å². The van der Waals surface area contributed by atoms with Crippen molar-refractivity contribution in [2.24, 2.45) is 0 Å². The molecule has 0 aliphatic carbocycles. The SMILES string of the molecule is CC(C)(C)OC(=O)N1CCN(c2n[nH]c(NCc3ncc[nH]3)n2)CC1. The summed E-state index contributed by atoms with van der Waals surface area (Å²) in [6, 6.07) is 0. The predicted octanol–water partition coefficient (Wildman–Crippen LogP) is 1.20. The molecule has 136 valence electrons. The number of H-pyrrole nitrogens is 2. The average Bonchev–Trinajstić information content (AvgIpc) is 3.23. The first-order valence-electron chi connectivity index (χ1n) is 8.28. The number of carbonyl (C=O) groups excluding carboxylic acids is 1. The van der Waals surface area contributed by atoms with Crippen molar-refractivity contribution >= 4 is 18.0 Å². The van der Waals surface area contributed by atoms with Crippen molar-refractivity contribution in [1.29, 1.82) is 0 Å². The van der Waals surface area contributed by atoms with Crippen LogP contribution in [0.4, 0.5) is 16.7 Å². The second-order valence-corrected chi connectivity index (χ2v) is 6.83. The minimum absolute atomic E-state index is 0.275. The van der Waals surface area contributed by atoms with Gasteiger partial charge >= 0.3 is 6.09 Å². The van der Waals surface area contributed by atoms with Gasteiger partial charge in [0.15, 0.2) is 0 Å². The minimum atomic E-state index is -0.480. The Bertz CT molecular complexity index is 683. The molecule has 0 unspecified atom stereocenters. The summed E-state index contributed by atoms with van der Waals surface area (Å²) < 4.78 is 5.40. The third-order valence-corrected chi connectivity index (χ3v) is 3.67. The van der Waals surface area contributed by atoms with Crippen LogP contribution in [0.2, 0.25) is 0 Å². The summed E-state index contributed by atoms with van der Waals surface area (Å²) in [5, 5.41) is 10.2. The summed E-state index contributed by atoms with van der Waals surface area (Å²) in [5.41, 5.74) is -0.480. The number of ether oxygens (including phenoxy) is 1. The van der Waals surface area contributed by atoms with Gasteiger partial charge in [0.1, 0.15) is 11.4 Å². The predicted molar refractivity (Wildman–Crippen MR) is 92.3 cm³/mol. The zero-order valence-electron chi connectivity index (χ0n) is 14.7. The molecule has 2 aromatic rings. The molecule has 0 saturated carbocycles. The van der Waals surface area contributed by atoms with Gasteiger partial charge in [-0.05, 0) is 20.8 Å². The van der Waals surface area contributed by atoms with Gasteiger partial charge in [-0.15, -0.1) is 5.10 Å². The van der Waals surface area contributed by atoms with E-state index in [0.717, 1.165) is 5.82 Å². The first-order chi connectivity index (χ1) is 11.9. The zero-order valence-corrected chi connectivity index (χ0v) is 14.7. The lowest BCUT2D eigenvalue weighted by Gasteiger charge is -2.35. The highest BCUT2D eigenvalue weighted by atomic mass is 16.6. The third kappa shape index (κ3) is 4.61. The molecule has 1 aliphatic rings. The summed E-state index contributed by atoms with van der Waals surface area (Å²) in [4.78, 5) is 27.4. The lowest BCUT2D eigenvalue weighted by atomic mass is 10.2. The molecule has 3 N–H and O–H groups in total. The standard InChI is InChI=1S/C15H24N8O2/c1-15(2,3)25-14(24)23-8-6-22(7-9-23)13-19-12(20-21-13)18-10-11-16-4-5-17-11/h4-5H,6-10H2,1-3H3,(H,16,17)(H2,18,19,20,21). The summed E-state index contributed by atoms with van der Waals surface area (Å²) in [5.74, 6) is 2.02. The molecule has 0 atom stereocenters. The van der Waals surface area contributed by atoms with Crippen LogP contribution in [0.5, 0.6) is 0 Å². The Morgan fingerprint density at radius 3 is 2.72 bits per heavy atom. The number of nitrogens with zero attached hydrogens (tertiary/aromatic N) is 5. The maximum Gasteiger partial charge on any atom is 0.410 e. The van der Waals surface area contributed by atoms with Crippen molar-refractivity contribution in [3.63, 3.8) is 0 Å². The van der Waals surface area contributed by atoms with Gasteiger partial charge in [-0.3, -0.25) is 0 Å². The quantitative estimate of drug-likeness (QED) is 0.760. The van der Waals surface area contributed by atoms with E-state index in [9.17, 15) is 4.79 Å². The second-order valence-electron chi connectivity index (χ2n) is 6.83. The molecular weight excluding hydrogens is 324 g/mol. The van der Waals surface area contributed by atoms with Crippen molar-refractivity contribution in [2.75, 3.05) is 36.4 Å². The van der Waals surface area contributed by atoms with E-state index in [0.29, 0.717) is 44.6 Å². The van der Waals surface area contributed by atoms with Gasteiger partial charge in [-0.25, -0.2) is 14.9 Å². The maximum atomic E-state index is 12.1. The van der Waals surface area contributed by atoms with Gasteiger partial charge in [0, 0.05) is 38.6 Å². The Balaban J connectivity index is 1.49. The fourth-order valence-corrected chi connectivity index (χ4v) is 2.45. The number of anilines is 2. The smallest absolute Gasteiger partial charge is 0.410 e. The number of aromatic amines is 2. The molecule has 1 aliphatic heterocycles. The molecule has 3 rings (SSSR count). The van der Waals surface area contributed by atoms with Crippen molar-refractivity contribution in [2.45, 2.75) is 32.9 Å². The second kappa shape index (κ2) is 6.99. The van der Waals surface area contributed by atoms with E-state index in [4.69, 9.17) is 4.74 Å². The summed E-state index contributed by atoms with van der Waals surface area (Å²) >= 11 is 0. The largest absolute Gasteiger partial charge is 0.444 e. The van der Waals surface area contributed by atoms with E-state index in [1.54, 1.807) is 17.3 Å². The molecule has 1 saturated heterocycles. The van der Waals surface area contributed by atoms with Gasteiger partial charge in [0.2, 0.25) is 11.9 Å². The topological polar surface area (TPSA) is 115 Å². The molecule has 0 radical (unpaired) electrons. The van der Waals surface area contributed by atoms with Crippen LogP contribution in [-0.4, -0.2) is 67.9 Å². The van der Waals surface area contributed by atoms with E-state index < -0.39 is 5.60 Å². The van der Waals surface area contributed by atoms with E-state index in [1.165, 1.54) is 0 Å². The van der Waals surface area contributed by atoms with Gasteiger partial charge in [0.05, 0.1) is 6.54 Å². The summed E-state index contributed by atoms with van der Waals surface area (Å²) in [7, 11) is 0. The number of hydrogen-bond acceptors (Lipinski definition) is 7. The Kier molecular flexibility index (Phi) is 4.77. The Morgan fingerprint density at radius 1 is 1.32 bits per heavy atom. The molecule has 3 heterocycles. The van der Waals surface area contributed by atoms with E-state index in [2.05, 4.69) is 30.5 Å². The monoisotopic (exact) mass is 348 g/mol. The fraction of sp³-hybridized carbons (Fsp3) is 0.600. The zero-order chi connectivity index (χ0) is 17.9. The Labute approximate surface area is 146 Å². The fourth-order valence-electron chi connectivity index (χ4n) is 2.45. The van der Waals surface area contributed by atoms with Gasteiger partial charge < -0.3 is 24.8 Å². The number of nitrogens with one attached hydrogen (secondary N) is 3. The van der Waals surface area contributed by atoms with Crippen LogP contribution in [0, 0.1) is 0 Å². The number of carbonyl (C=O) groups is 1. The third-order valence-electron chi connectivity index (χ3n) is 3.67. The van der Waals surface area contributed by atoms with E-state index >= 15 is 0 Å². The highest BCUT2D eigenvalue weighted by Crippen LogP contribution is 2.15. The van der Waals surface area contributed by atoms with Crippen LogP contribution in [0.3, 0.4) is 0 Å². The molecule has 1 fully saturated rings. The summed E-state index contributed by atoms with van der Waals surface area (Å²) in [6.07, 6.45) is 3.20. The molecule has 10 nitrogen and oxygen atoms in total. The number of amides is 1. The molecular formula is C15H24N8O2. The van der Waals surface area contributed by atoms with Gasteiger partial charge in [0.25, 0.3) is 0 Å². The van der Waals surface area contributed by atoms with E-state index in [1.807, 2.05) is 25.7 Å². The molecule has 2 aromatic heterocycles. The minimum Gasteiger partial charge on any atom is -0.444 e. The van der Waals surface area contributed by atoms with Crippen molar-refractivity contribution in [3.8, 4) is 0 Å². The van der Waals surface area contributed by atoms with Crippen LogP contribution in [0.1, 0.15) is 26.6 Å². The molecule has 0 spiro atoms. The number of aromatic nitrogens is 5. The molecule has 1 amide bonds. The van der Waals surface area contributed by atoms with E-state index in [-0.39, 0.29) is 6.09 Å². The first kappa shape index (κ1) is 17.1. The number of imidazole rings is 1. The normalized spacial score (nSPS) is 15.3. The Hall–Kier alpha value is -2.78.